The molecule has 1 aromatic carbocycles. The molecule has 0 bridgehead atoms. The van der Waals surface area contributed by atoms with Gasteiger partial charge in [0.05, 0.1) is 6.61 Å². The number of nitrogens with zero attached hydrogens (tertiary/aromatic N) is 1. The van der Waals surface area contributed by atoms with Gasteiger partial charge in [0.25, 0.3) is 5.91 Å². The van der Waals surface area contributed by atoms with E-state index < -0.39 is 17.5 Å². The quantitative estimate of drug-likeness (QED) is 0.406. The van der Waals surface area contributed by atoms with Crippen molar-refractivity contribution in [3.05, 3.63) is 24.3 Å². The second kappa shape index (κ2) is 9.15. The van der Waals surface area contributed by atoms with Crippen LogP contribution in [-0.4, -0.2) is 54.7 Å². The maximum Gasteiger partial charge on any atom is 0.326 e. The average molecular weight is 404 g/mol. The Balaban J connectivity index is 1.43. The molecule has 2 atom stereocenters. The molecule has 3 rings (SSSR count). The second-order valence-electron chi connectivity index (χ2n) is 7.41. The first-order valence-electron chi connectivity index (χ1n) is 10.1. The van der Waals surface area contributed by atoms with E-state index in [-0.39, 0.29) is 31.6 Å². The molecule has 1 N–H and O–H groups in total. The van der Waals surface area contributed by atoms with Crippen molar-refractivity contribution in [2.45, 2.75) is 45.1 Å². The predicted octanol–water partition coefficient (Wildman–Crippen LogP) is 2.51. The summed E-state index contributed by atoms with van der Waals surface area (Å²) < 4.78 is 16.0. The Kier molecular flexibility index (Phi) is 6.61. The van der Waals surface area contributed by atoms with Crippen LogP contribution >= 0.6 is 0 Å². The van der Waals surface area contributed by atoms with E-state index in [0.29, 0.717) is 18.8 Å². The van der Waals surface area contributed by atoms with Gasteiger partial charge in [0.15, 0.2) is 0 Å². The topological polar surface area (TPSA) is 94.2 Å². The molecule has 1 spiro atoms. The predicted molar refractivity (Wildman–Crippen MR) is 105 cm³/mol. The van der Waals surface area contributed by atoms with Gasteiger partial charge in [0, 0.05) is 0 Å². The summed E-state index contributed by atoms with van der Waals surface area (Å²) in [5.74, 6) is 0.481. The van der Waals surface area contributed by atoms with Crippen molar-refractivity contribution in [2.24, 2.45) is 5.92 Å². The highest BCUT2D eigenvalue weighted by atomic mass is 16.6. The van der Waals surface area contributed by atoms with Gasteiger partial charge in [-0.1, -0.05) is 19.8 Å². The molecule has 3 amide bonds. The van der Waals surface area contributed by atoms with Crippen molar-refractivity contribution in [1.82, 2.24) is 10.2 Å². The Morgan fingerprint density at radius 3 is 2.48 bits per heavy atom. The van der Waals surface area contributed by atoms with Crippen LogP contribution in [0.3, 0.4) is 0 Å². The molecule has 1 saturated heterocycles. The van der Waals surface area contributed by atoms with Gasteiger partial charge >= 0.3 is 12.0 Å². The van der Waals surface area contributed by atoms with Gasteiger partial charge in [0.1, 0.15) is 36.8 Å². The molecule has 1 saturated carbocycles. The Morgan fingerprint density at radius 2 is 1.83 bits per heavy atom. The van der Waals surface area contributed by atoms with Crippen molar-refractivity contribution < 1.29 is 28.6 Å². The number of amides is 3. The highest BCUT2D eigenvalue weighted by Gasteiger charge is 2.55. The number of hydrogen-bond donors (Lipinski definition) is 1. The van der Waals surface area contributed by atoms with Gasteiger partial charge in [-0.2, -0.15) is 0 Å². The molecule has 29 heavy (non-hydrogen) atoms. The van der Waals surface area contributed by atoms with E-state index in [2.05, 4.69) is 5.32 Å². The Hall–Kier alpha value is -2.77. The van der Waals surface area contributed by atoms with Crippen molar-refractivity contribution in [1.29, 1.82) is 0 Å². The number of carbonyl (C=O) groups is 3. The van der Waals surface area contributed by atoms with Gasteiger partial charge < -0.3 is 19.5 Å². The zero-order chi connectivity index (χ0) is 20.9. The molecule has 1 heterocycles. The largest absolute Gasteiger partial charge is 0.494 e. The number of hydrogen-bond acceptors (Lipinski definition) is 6. The van der Waals surface area contributed by atoms with Gasteiger partial charge in [-0.25, -0.2) is 4.79 Å². The Labute approximate surface area is 170 Å². The fraction of sp³-hybridized carbons (Fsp3) is 0.571. The minimum Gasteiger partial charge on any atom is -0.494 e. The maximum absolute atomic E-state index is 12.8. The van der Waals surface area contributed by atoms with E-state index in [1.54, 1.807) is 24.3 Å². The van der Waals surface area contributed by atoms with Crippen molar-refractivity contribution in [2.75, 3.05) is 26.4 Å². The lowest BCUT2D eigenvalue weighted by molar-refractivity contribution is -0.149. The molecule has 2 fully saturated rings. The van der Waals surface area contributed by atoms with Crippen molar-refractivity contribution >= 4 is 17.9 Å². The van der Waals surface area contributed by atoms with E-state index in [1.165, 1.54) is 0 Å². The van der Waals surface area contributed by atoms with Crippen LogP contribution in [0.25, 0.3) is 0 Å². The monoisotopic (exact) mass is 404 g/mol. The number of imide groups is 1. The lowest BCUT2D eigenvalue weighted by atomic mass is 9.73. The molecular formula is C21H28N2O6. The van der Waals surface area contributed by atoms with Crippen LogP contribution in [-0.2, 0) is 14.3 Å². The summed E-state index contributed by atoms with van der Waals surface area (Å²) in [6, 6.07) is 6.61. The van der Waals surface area contributed by atoms with Crippen LogP contribution in [0.5, 0.6) is 11.5 Å². The summed E-state index contributed by atoms with van der Waals surface area (Å²) in [6.07, 6.45) is 3.42. The molecule has 2 aliphatic rings. The normalized spacial score (nSPS) is 23.8. The van der Waals surface area contributed by atoms with Gasteiger partial charge in [-0.3, -0.25) is 14.5 Å². The van der Waals surface area contributed by atoms with E-state index in [9.17, 15) is 14.4 Å². The zero-order valence-electron chi connectivity index (χ0n) is 16.9. The third kappa shape index (κ3) is 4.63. The third-order valence-corrected chi connectivity index (χ3v) is 5.54. The van der Waals surface area contributed by atoms with Gasteiger partial charge in [0.2, 0.25) is 0 Å². The van der Waals surface area contributed by atoms with Crippen LogP contribution < -0.4 is 14.8 Å². The van der Waals surface area contributed by atoms with E-state index in [0.717, 1.165) is 29.9 Å². The fourth-order valence-electron chi connectivity index (χ4n) is 3.93. The van der Waals surface area contributed by atoms with Gasteiger partial charge in [-0.15, -0.1) is 0 Å². The molecule has 8 nitrogen and oxygen atoms in total. The SMILES string of the molecule is CCOc1ccc(OCCOC(=O)CN2C(=O)N[C@]3(CCCC[C@H]3C)C2=O)cc1. The van der Waals surface area contributed by atoms with Crippen LogP contribution in [0.4, 0.5) is 4.79 Å². The summed E-state index contributed by atoms with van der Waals surface area (Å²) in [7, 11) is 0. The number of rotatable bonds is 8. The van der Waals surface area contributed by atoms with E-state index in [1.807, 2.05) is 13.8 Å². The first kappa shape index (κ1) is 21.0. The number of nitrogens with one attached hydrogen (secondary N) is 1. The first-order valence-corrected chi connectivity index (χ1v) is 10.1. The van der Waals surface area contributed by atoms with Crippen molar-refractivity contribution in [3.63, 3.8) is 0 Å². The smallest absolute Gasteiger partial charge is 0.326 e. The minimum atomic E-state index is -0.869. The highest BCUT2D eigenvalue weighted by molar-refractivity contribution is 6.08. The van der Waals surface area contributed by atoms with Crippen LogP contribution in [0.2, 0.25) is 0 Å². The van der Waals surface area contributed by atoms with Crippen LogP contribution in [0.1, 0.15) is 39.5 Å². The van der Waals surface area contributed by atoms with E-state index >= 15 is 0 Å². The number of benzene rings is 1. The summed E-state index contributed by atoms with van der Waals surface area (Å²) in [5, 5.41) is 2.82. The minimum absolute atomic E-state index is 0.0250. The number of urea groups is 1. The molecule has 1 aliphatic heterocycles. The average Bonchev–Trinajstić information content (AvgIpc) is 2.94. The standard InChI is InChI=1S/C21H28N2O6/c1-3-27-16-7-9-17(10-8-16)28-12-13-29-18(24)14-23-19(25)21(22-20(23)26)11-5-4-6-15(21)2/h7-10,15H,3-6,11-14H2,1-2H3,(H,22,26)/t15-,21+/m1/s1. The first-order chi connectivity index (χ1) is 14.0. The molecule has 0 radical (unpaired) electrons. The fourth-order valence-corrected chi connectivity index (χ4v) is 3.93. The maximum atomic E-state index is 12.8. The molecule has 1 aliphatic carbocycles. The van der Waals surface area contributed by atoms with Gasteiger partial charge in [-0.05, 0) is 49.9 Å². The van der Waals surface area contributed by atoms with Crippen LogP contribution in [0, 0.1) is 5.92 Å². The van der Waals surface area contributed by atoms with E-state index in [4.69, 9.17) is 14.2 Å². The Bertz CT molecular complexity index is 750. The number of carbonyl (C=O) groups excluding carboxylic acids is 3. The molecular weight excluding hydrogens is 376 g/mol. The second-order valence-corrected chi connectivity index (χ2v) is 7.41. The highest BCUT2D eigenvalue weighted by Crippen LogP contribution is 2.38. The third-order valence-electron chi connectivity index (χ3n) is 5.54. The lowest BCUT2D eigenvalue weighted by Gasteiger charge is -2.36. The van der Waals surface area contributed by atoms with Crippen LogP contribution in [0.15, 0.2) is 24.3 Å². The number of esters is 1. The summed E-state index contributed by atoms with van der Waals surface area (Å²) >= 11 is 0. The zero-order valence-corrected chi connectivity index (χ0v) is 16.9. The lowest BCUT2D eigenvalue weighted by Crippen LogP contribution is -2.54. The summed E-state index contributed by atoms with van der Waals surface area (Å²) in [6.45, 7) is 4.28. The molecule has 8 heteroatoms. The molecule has 0 unspecified atom stereocenters. The molecule has 158 valence electrons. The Morgan fingerprint density at radius 1 is 1.14 bits per heavy atom. The summed E-state index contributed by atoms with van der Waals surface area (Å²) in [5.41, 5.74) is -0.869. The summed E-state index contributed by atoms with van der Waals surface area (Å²) in [4.78, 5) is 38.2. The number of ether oxygens (including phenoxy) is 3. The molecule has 1 aromatic rings. The molecule has 0 aromatic heterocycles. The van der Waals surface area contributed by atoms with Crippen molar-refractivity contribution in [3.8, 4) is 11.5 Å².